The molecule has 0 aromatic heterocycles. The number of rotatable bonds is 9. The molecule has 2 aromatic carbocycles. The van der Waals surface area contributed by atoms with Gasteiger partial charge in [-0.3, -0.25) is 19.3 Å². The lowest BCUT2D eigenvalue weighted by molar-refractivity contribution is -0.124. The molecule has 0 bridgehead atoms. The van der Waals surface area contributed by atoms with Gasteiger partial charge in [-0.25, -0.2) is 0 Å². The van der Waals surface area contributed by atoms with Crippen molar-refractivity contribution in [1.82, 2.24) is 10.2 Å². The largest absolute Gasteiger partial charge is 0.493 e. The molecule has 1 N–H and O–H groups in total. The van der Waals surface area contributed by atoms with Crippen LogP contribution in [-0.4, -0.2) is 49.3 Å². The molecule has 1 atom stereocenters. The first-order valence-corrected chi connectivity index (χ1v) is 11.0. The Kier molecular flexibility index (Phi) is 7.94. The standard InChI is InChI=1S/C24H26N2O5S/c1-16(18-7-5-4-6-8-18)13-22(27)25-11-12-26-23(28)21(32-24(26)29)15-17-9-10-19(30-2)20(14-17)31-3/h4-10,14-16H,11-13H2,1-3H3,(H,25,27)/b21-15-/t16-/m0/s1. The second kappa shape index (κ2) is 10.9. The summed E-state index contributed by atoms with van der Waals surface area (Å²) in [5, 5.41) is 2.45. The maximum atomic E-state index is 12.7. The Morgan fingerprint density at radius 1 is 1.09 bits per heavy atom. The summed E-state index contributed by atoms with van der Waals surface area (Å²) in [6, 6.07) is 15.1. The fourth-order valence-electron chi connectivity index (χ4n) is 3.34. The van der Waals surface area contributed by atoms with Gasteiger partial charge < -0.3 is 14.8 Å². The van der Waals surface area contributed by atoms with Crippen molar-refractivity contribution in [3.63, 3.8) is 0 Å². The van der Waals surface area contributed by atoms with Crippen LogP contribution >= 0.6 is 11.8 Å². The second-order valence-corrected chi connectivity index (χ2v) is 8.31. The highest BCUT2D eigenvalue weighted by Crippen LogP contribution is 2.34. The van der Waals surface area contributed by atoms with Gasteiger partial charge >= 0.3 is 0 Å². The molecule has 0 radical (unpaired) electrons. The first kappa shape index (κ1) is 23.4. The highest BCUT2D eigenvalue weighted by atomic mass is 32.2. The maximum absolute atomic E-state index is 12.7. The molecule has 0 spiro atoms. The van der Waals surface area contributed by atoms with E-state index in [2.05, 4.69) is 5.32 Å². The van der Waals surface area contributed by atoms with Gasteiger partial charge in [-0.2, -0.15) is 0 Å². The predicted molar refractivity (Wildman–Crippen MR) is 125 cm³/mol. The van der Waals surface area contributed by atoms with E-state index in [-0.39, 0.29) is 36.1 Å². The minimum Gasteiger partial charge on any atom is -0.493 e. The van der Waals surface area contributed by atoms with E-state index in [1.807, 2.05) is 37.3 Å². The number of nitrogens with zero attached hydrogens (tertiary/aromatic N) is 1. The SMILES string of the molecule is COc1ccc(/C=C2\SC(=O)N(CCNC(=O)C[C@H](C)c3ccccc3)C2=O)cc1OC. The molecule has 32 heavy (non-hydrogen) atoms. The minimum absolute atomic E-state index is 0.0813. The summed E-state index contributed by atoms with van der Waals surface area (Å²) in [6.45, 7) is 2.33. The molecule has 7 nitrogen and oxygen atoms in total. The molecule has 0 unspecified atom stereocenters. The molecule has 1 aliphatic heterocycles. The molecular weight excluding hydrogens is 428 g/mol. The van der Waals surface area contributed by atoms with E-state index in [4.69, 9.17) is 9.47 Å². The van der Waals surface area contributed by atoms with Crippen LogP contribution in [0.1, 0.15) is 30.4 Å². The fraction of sp³-hybridized carbons (Fsp3) is 0.292. The van der Waals surface area contributed by atoms with E-state index in [1.165, 1.54) is 7.11 Å². The lowest BCUT2D eigenvalue weighted by Gasteiger charge is -2.15. The van der Waals surface area contributed by atoms with Crippen molar-refractivity contribution in [2.75, 3.05) is 27.3 Å². The Labute approximate surface area is 191 Å². The highest BCUT2D eigenvalue weighted by Gasteiger charge is 2.34. The van der Waals surface area contributed by atoms with Crippen LogP contribution in [0.15, 0.2) is 53.4 Å². The number of carbonyl (C=O) groups excluding carboxylic acids is 3. The maximum Gasteiger partial charge on any atom is 0.293 e. The second-order valence-electron chi connectivity index (χ2n) is 7.31. The molecule has 1 heterocycles. The lowest BCUT2D eigenvalue weighted by Crippen LogP contribution is -2.37. The third-order valence-electron chi connectivity index (χ3n) is 5.10. The summed E-state index contributed by atoms with van der Waals surface area (Å²) in [6.07, 6.45) is 1.98. The van der Waals surface area contributed by atoms with E-state index >= 15 is 0 Å². The molecular formula is C24H26N2O5S. The van der Waals surface area contributed by atoms with Crippen LogP contribution in [0.3, 0.4) is 0 Å². The van der Waals surface area contributed by atoms with E-state index in [1.54, 1.807) is 31.4 Å². The van der Waals surface area contributed by atoms with Crippen molar-refractivity contribution in [2.24, 2.45) is 0 Å². The van der Waals surface area contributed by atoms with Crippen LogP contribution in [0.2, 0.25) is 0 Å². The van der Waals surface area contributed by atoms with Crippen molar-refractivity contribution in [1.29, 1.82) is 0 Å². The van der Waals surface area contributed by atoms with Gasteiger partial charge in [0.15, 0.2) is 11.5 Å². The van der Waals surface area contributed by atoms with E-state index < -0.39 is 0 Å². The number of nitrogens with one attached hydrogen (secondary N) is 1. The first-order chi connectivity index (χ1) is 15.4. The van der Waals surface area contributed by atoms with Gasteiger partial charge in [0.1, 0.15) is 0 Å². The quantitative estimate of drug-likeness (QED) is 0.576. The Morgan fingerprint density at radius 2 is 1.81 bits per heavy atom. The molecule has 3 rings (SSSR count). The van der Waals surface area contributed by atoms with Crippen LogP contribution in [0.25, 0.3) is 6.08 Å². The van der Waals surface area contributed by atoms with Gasteiger partial charge in [0.2, 0.25) is 5.91 Å². The summed E-state index contributed by atoms with van der Waals surface area (Å²) in [5.41, 5.74) is 1.81. The molecule has 0 aliphatic carbocycles. The number of hydrogen-bond acceptors (Lipinski definition) is 6. The molecule has 168 valence electrons. The number of carbonyl (C=O) groups is 3. The highest BCUT2D eigenvalue weighted by molar-refractivity contribution is 8.18. The summed E-state index contributed by atoms with van der Waals surface area (Å²) in [7, 11) is 3.08. The van der Waals surface area contributed by atoms with E-state index in [9.17, 15) is 14.4 Å². The van der Waals surface area contributed by atoms with Crippen LogP contribution < -0.4 is 14.8 Å². The first-order valence-electron chi connectivity index (χ1n) is 10.2. The summed E-state index contributed by atoms with van der Waals surface area (Å²) in [5.74, 6) is 0.705. The lowest BCUT2D eigenvalue weighted by atomic mass is 9.98. The Bertz CT molecular complexity index is 1020. The average molecular weight is 455 g/mol. The van der Waals surface area contributed by atoms with Crippen molar-refractivity contribution < 1.29 is 23.9 Å². The Hall–Kier alpha value is -3.26. The van der Waals surface area contributed by atoms with Gasteiger partial charge in [0, 0.05) is 19.5 Å². The minimum atomic E-state index is -0.373. The molecule has 2 aromatic rings. The third-order valence-corrected chi connectivity index (χ3v) is 6.00. The molecule has 1 fully saturated rings. The number of thioether (sulfide) groups is 1. The number of methoxy groups -OCH3 is 2. The van der Waals surface area contributed by atoms with E-state index in [0.717, 1.165) is 27.8 Å². The van der Waals surface area contributed by atoms with Crippen molar-refractivity contribution in [2.45, 2.75) is 19.3 Å². The molecule has 1 saturated heterocycles. The van der Waals surface area contributed by atoms with Gasteiger partial charge in [-0.15, -0.1) is 0 Å². The number of imide groups is 1. The van der Waals surface area contributed by atoms with Crippen LogP contribution in [0, 0.1) is 0 Å². The topological polar surface area (TPSA) is 84.9 Å². The predicted octanol–water partition coefficient (Wildman–Crippen LogP) is 4.05. The normalized spacial score (nSPS) is 15.7. The summed E-state index contributed by atoms with van der Waals surface area (Å²) in [4.78, 5) is 38.7. The Balaban J connectivity index is 1.55. The molecule has 0 saturated carbocycles. The molecule has 3 amide bonds. The smallest absolute Gasteiger partial charge is 0.293 e. The average Bonchev–Trinajstić information content (AvgIpc) is 3.06. The van der Waals surface area contributed by atoms with Gasteiger partial charge in [-0.05, 0) is 47.0 Å². The van der Waals surface area contributed by atoms with Crippen LogP contribution in [0.4, 0.5) is 4.79 Å². The van der Waals surface area contributed by atoms with Crippen LogP contribution in [-0.2, 0) is 9.59 Å². The summed E-state index contributed by atoms with van der Waals surface area (Å²) >= 11 is 0.881. The van der Waals surface area contributed by atoms with Gasteiger partial charge in [-0.1, -0.05) is 43.3 Å². The zero-order chi connectivity index (χ0) is 23.1. The van der Waals surface area contributed by atoms with E-state index in [0.29, 0.717) is 22.8 Å². The Morgan fingerprint density at radius 3 is 2.50 bits per heavy atom. The zero-order valence-electron chi connectivity index (χ0n) is 18.3. The fourth-order valence-corrected chi connectivity index (χ4v) is 4.21. The molecule has 8 heteroatoms. The van der Waals surface area contributed by atoms with Gasteiger partial charge in [0.05, 0.1) is 19.1 Å². The summed E-state index contributed by atoms with van der Waals surface area (Å²) < 4.78 is 10.5. The monoisotopic (exact) mass is 454 g/mol. The van der Waals surface area contributed by atoms with Crippen LogP contribution in [0.5, 0.6) is 11.5 Å². The third kappa shape index (κ3) is 5.70. The number of benzene rings is 2. The number of amides is 3. The van der Waals surface area contributed by atoms with Crippen molar-refractivity contribution in [3.05, 3.63) is 64.6 Å². The zero-order valence-corrected chi connectivity index (χ0v) is 19.1. The number of hydrogen-bond donors (Lipinski definition) is 1. The van der Waals surface area contributed by atoms with Crippen molar-refractivity contribution >= 4 is 34.9 Å². The molecule has 1 aliphatic rings. The van der Waals surface area contributed by atoms with Crippen molar-refractivity contribution in [3.8, 4) is 11.5 Å². The number of ether oxygens (including phenoxy) is 2. The van der Waals surface area contributed by atoms with Gasteiger partial charge in [0.25, 0.3) is 11.1 Å².